The van der Waals surface area contributed by atoms with E-state index in [0.717, 1.165) is 70.2 Å². The van der Waals surface area contributed by atoms with Gasteiger partial charge in [-0.05, 0) is 106 Å². The summed E-state index contributed by atoms with van der Waals surface area (Å²) >= 11 is 0. The molecule has 4 aromatic carbocycles. The minimum Gasteiger partial charge on any atom is -0.453 e. The van der Waals surface area contributed by atoms with Gasteiger partial charge < -0.3 is 39.9 Å². The lowest BCUT2D eigenvalue weighted by Crippen LogP contribution is -2.51. The molecule has 2 aliphatic heterocycles. The van der Waals surface area contributed by atoms with Gasteiger partial charge in [0.1, 0.15) is 23.7 Å². The Bertz CT molecular complexity index is 2960. The van der Waals surface area contributed by atoms with Crippen LogP contribution in [0.25, 0.3) is 44.3 Å². The summed E-state index contributed by atoms with van der Waals surface area (Å²) in [5.41, 5.74) is 10.8. The fraction of sp³-hybridized carbons (Fsp3) is 0.370. The lowest BCUT2D eigenvalue weighted by atomic mass is 9.87. The number of likely N-dealkylation sites (tertiary alicyclic amines) is 2. The Kier molecular flexibility index (Phi) is 14.0. The predicted octanol–water partition coefficient (Wildman–Crippen LogP) is 10.3. The zero-order valence-corrected chi connectivity index (χ0v) is 40.8. The molecule has 2 fully saturated rings. The maximum absolute atomic E-state index is 14.1. The van der Waals surface area contributed by atoms with Crippen molar-refractivity contribution in [3.63, 3.8) is 0 Å². The van der Waals surface area contributed by atoms with Crippen LogP contribution in [0.5, 0.6) is 0 Å². The first-order chi connectivity index (χ1) is 34.5. The van der Waals surface area contributed by atoms with Crippen LogP contribution in [-0.2, 0) is 44.7 Å². The van der Waals surface area contributed by atoms with E-state index in [9.17, 15) is 36.7 Å². The third-order valence-corrected chi connectivity index (χ3v) is 14.2. The molecule has 0 radical (unpaired) electrons. The zero-order valence-electron chi connectivity index (χ0n) is 40.8. The van der Waals surface area contributed by atoms with Crippen LogP contribution in [-0.4, -0.2) is 93.1 Å². The number of hydrogen-bond donors (Lipinski definition) is 4. The number of rotatable bonds is 10. The third-order valence-electron chi connectivity index (χ3n) is 14.2. The number of carbonyl (C=O) groups is 4. The summed E-state index contributed by atoms with van der Waals surface area (Å²) in [6.45, 7) is 6.44. The van der Waals surface area contributed by atoms with E-state index in [1.54, 1.807) is 27.7 Å². The predicted molar refractivity (Wildman–Crippen MR) is 263 cm³/mol. The number of imidazole rings is 2. The van der Waals surface area contributed by atoms with Crippen molar-refractivity contribution in [1.82, 2.24) is 40.4 Å². The minimum atomic E-state index is -1.84. The second kappa shape index (κ2) is 20.3. The van der Waals surface area contributed by atoms with Gasteiger partial charge in [-0.1, -0.05) is 76.2 Å². The first-order valence-electron chi connectivity index (χ1n) is 24.1. The number of hydrogen-bond acceptors (Lipinski definition) is 8. The Morgan fingerprint density at radius 1 is 0.583 bits per heavy atom. The van der Waals surface area contributed by atoms with Crippen LogP contribution < -0.4 is 10.6 Å². The number of amides is 4. The van der Waals surface area contributed by atoms with Crippen molar-refractivity contribution in [1.29, 1.82) is 0 Å². The highest BCUT2D eigenvalue weighted by atomic mass is 19.3. The number of aromatic amines is 2. The summed E-state index contributed by atoms with van der Waals surface area (Å²) in [6.07, 6.45) is -2.58. The molecular formula is C54H56F4N8O6. The number of aryl methyl sites for hydroxylation is 4. The molecule has 6 aliphatic rings. The van der Waals surface area contributed by atoms with Gasteiger partial charge in [-0.25, -0.2) is 19.6 Å². The van der Waals surface area contributed by atoms with E-state index in [-0.39, 0.29) is 48.9 Å². The summed E-state index contributed by atoms with van der Waals surface area (Å²) in [5, 5.41) is 5.13. The number of aromatic nitrogens is 4. The van der Waals surface area contributed by atoms with Gasteiger partial charge in [0, 0.05) is 37.1 Å². The standard InChI is InChI=1S/C54H56F4N8O6/c1-27(2)45(63-53(69)71-5)51(67)65-25-35(47(55)56)23-43(65)49-59-39-17-15-33(21-41(39)61-49)37-19-29-7-11-31(37)13-9-30-8-12-32(14-10-29)38(20-30)34-16-18-40-42(22-34)62-50(60-40)44-24-36(48(57)58)26-66(44)52(68)46(28(3)4)64-54(70)72-6/h7-8,11-12,15-22,27-28,43-46H,9-10,13-14,23-26H2,1-6H3,(H,59,61)(H,60,62)(H,63,69)(H,64,70)/t43-,44-,45?,46?/m0/s1. The van der Waals surface area contributed by atoms with E-state index in [1.807, 2.05) is 36.4 Å². The number of nitrogens with zero attached hydrogens (tertiary/aromatic N) is 4. The van der Waals surface area contributed by atoms with Gasteiger partial charge >= 0.3 is 12.2 Å². The van der Waals surface area contributed by atoms with Crippen molar-refractivity contribution in [2.45, 2.75) is 90.4 Å². The topological polar surface area (TPSA) is 175 Å². The van der Waals surface area contributed by atoms with Crippen molar-refractivity contribution in [3.05, 3.63) is 130 Å². The number of methoxy groups -OCH3 is 2. The molecule has 4 heterocycles. The van der Waals surface area contributed by atoms with E-state index < -0.39 is 60.3 Å². The molecule has 14 nitrogen and oxygen atoms in total. The zero-order chi connectivity index (χ0) is 51.1. The maximum Gasteiger partial charge on any atom is 0.407 e. The summed E-state index contributed by atoms with van der Waals surface area (Å²) in [7, 11) is 2.39. The molecule has 0 saturated carbocycles. The molecule has 12 rings (SSSR count). The van der Waals surface area contributed by atoms with Gasteiger partial charge in [-0.3, -0.25) is 9.59 Å². The SMILES string of the molecule is COC(=O)NC(C(=O)N1CC(=C(F)F)C[C@H]1c1nc2cc(-c3cc4ccc3CCc3ccc(c(-c5ccc6[nH]c([C@@H]7CC(=C(F)F)CN7C(=O)C(NC(=O)OC)C(C)C)nc6c5)c3)CC4)ccc2[nH]1)C(C)C. The van der Waals surface area contributed by atoms with Crippen LogP contribution in [0.1, 0.15) is 86.5 Å². The molecular weight excluding hydrogens is 933 g/mol. The van der Waals surface area contributed by atoms with Crippen LogP contribution in [0.2, 0.25) is 0 Å². The highest BCUT2D eigenvalue weighted by molar-refractivity contribution is 5.89. The quantitative estimate of drug-likeness (QED) is 0.0981. The first kappa shape index (κ1) is 49.5. The van der Waals surface area contributed by atoms with E-state index >= 15 is 0 Å². The molecule has 376 valence electrons. The van der Waals surface area contributed by atoms with Gasteiger partial charge in [0.05, 0.1) is 48.4 Å². The summed E-state index contributed by atoms with van der Waals surface area (Å²) in [6, 6.07) is 21.3. The van der Waals surface area contributed by atoms with Crippen LogP contribution in [0.15, 0.2) is 96.1 Å². The molecule has 2 aromatic heterocycles. The van der Waals surface area contributed by atoms with Crippen LogP contribution >= 0.6 is 0 Å². The molecule has 2 saturated heterocycles. The Hall–Kier alpha value is -7.50. The molecule has 2 unspecified atom stereocenters. The van der Waals surface area contributed by atoms with Crippen molar-refractivity contribution in [2.75, 3.05) is 27.3 Å². The van der Waals surface area contributed by atoms with Crippen LogP contribution in [0.3, 0.4) is 0 Å². The lowest BCUT2D eigenvalue weighted by molar-refractivity contribution is -0.136. The average molecular weight is 989 g/mol. The number of H-pyrrole nitrogens is 2. The van der Waals surface area contributed by atoms with Gasteiger partial charge in [0.15, 0.2) is 0 Å². The van der Waals surface area contributed by atoms with E-state index in [0.29, 0.717) is 33.7 Å². The number of alkyl carbamates (subject to hydrolysis) is 2. The minimum absolute atomic E-state index is 0.108. The van der Waals surface area contributed by atoms with Gasteiger partial charge in [-0.2, -0.15) is 17.6 Å². The maximum atomic E-state index is 14.1. The number of halogens is 4. The van der Waals surface area contributed by atoms with Crippen molar-refractivity contribution in [2.24, 2.45) is 11.8 Å². The van der Waals surface area contributed by atoms with E-state index in [2.05, 4.69) is 57.0 Å². The molecule has 18 heteroatoms. The number of nitrogens with one attached hydrogen (secondary N) is 4. The fourth-order valence-electron chi connectivity index (χ4n) is 10.2. The third kappa shape index (κ3) is 9.90. The van der Waals surface area contributed by atoms with Crippen molar-refractivity contribution in [3.8, 4) is 22.3 Å². The molecule has 72 heavy (non-hydrogen) atoms. The van der Waals surface area contributed by atoms with E-state index in [1.165, 1.54) is 24.0 Å². The molecule has 4 N–H and O–H groups in total. The summed E-state index contributed by atoms with van der Waals surface area (Å²) in [5.74, 6) is -0.974. The first-order valence-corrected chi connectivity index (χ1v) is 24.1. The average Bonchev–Trinajstić information content (AvgIpc) is 4.19. The number of benzene rings is 4. The molecule has 0 spiro atoms. The molecule has 4 atom stereocenters. The number of fused-ring (bicyclic) bond motifs is 2. The Morgan fingerprint density at radius 3 is 1.35 bits per heavy atom. The molecule has 4 bridgehead atoms. The smallest absolute Gasteiger partial charge is 0.407 e. The van der Waals surface area contributed by atoms with Crippen LogP contribution in [0, 0.1) is 11.8 Å². The Labute approximate surface area is 413 Å². The normalized spacial score (nSPS) is 17.7. The fourth-order valence-corrected chi connectivity index (χ4v) is 10.2. The van der Waals surface area contributed by atoms with Crippen molar-refractivity contribution >= 4 is 46.1 Å². The van der Waals surface area contributed by atoms with Crippen molar-refractivity contribution < 1.29 is 46.2 Å². The highest BCUT2D eigenvalue weighted by Crippen LogP contribution is 2.41. The molecule has 4 amide bonds. The Morgan fingerprint density at radius 2 is 0.986 bits per heavy atom. The van der Waals surface area contributed by atoms with Crippen LogP contribution in [0.4, 0.5) is 27.2 Å². The summed E-state index contributed by atoms with van der Waals surface area (Å²) < 4.78 is 65.9. The van der Waals surface area contributed by atoms with Gasteiger partial charge in [-0.15, -0.1) is 0 Å². The largest absolute Gasteiger partial charge is 0.453 e. The number of carbonyl (C=O) groups excluding carboxylic acids is 4. The second-order valence-electron chi connectivity index (χ2n) is 19.5. The van der Waals surface area contributed by atoms with Gasteiger partial charge in [0.2, 0.25) is 11.8 Å². The lowest BCUT2D eigenvalue weighted by Gasteiger charge is -2.29. The van der Waals surface area contributed by atoms with E-state index in [4.69, 9.17) is 19.4 Å². The monoisotopic (exact) mass is 988 g/mol. The molecule has 4 aliphatic carbocycles. The molecule has 6 aromatic rings. The Balaban J connectivity index is 0.970. The number of ether oxygens (including phenoxy) is 2. The summed E-state index contributed by atoms with van der Waals surface area (Å²) in [4.78, 5) is 71.2. The highest BCUT2D eigenvalue weighted by Gasteiger charge is 2.42. The second-order valence-corrected chi connectivity index (χ2v) is 19.5. The van der Waals surface area contributed by atoms with Gasteiger partial charge in [0.25, 0.3) is 12.2 Å².